The molecule has 0 aliphatic carbocycles. The number of methoxy groups -OCH3 is 1. The van der Waals surface area contributed by atoms with E-state index in [0.717, 1.165) is 12.0 Å². The minimum absolute atomic E-state index is 0.0893. The lowest BCUT2D eigenvalue weighted by molar-refractivity contribution is 0.175. The standard InChI is InChI=1S/C13H21N3O2/c1-16(7-4-8-18-2)13(17)15-10-11-5-3-6-12(14)9-11/h3,5-6,9H,4,7-8,10,14H2,1-2H3,(H,15,17). The lowest BCUT2D eigenvalue weighted by Gasteiger charge is -2.17. The van der Waals surface area contributed by atoms with Gasteiger partial charge in [0.1, 0.15) is 0 Å². The van der Waals surface area contributed by atoms with Crippen molar-refractivity contribution >= 4 is 11.7 Å². The van der Waals surface area contributed by atoms with Crippen molar-refractivity contribution in [3.8, 4) is 0 Å². The summed E-state index contributed by atoms with van der Waals surface area (Å²) < 4.78 is 4.94. The first-order valence-corrected chi connectivity index (χ1v) is 5.96. The second-order valence-electron chi connectivity index (χ2n) is 4.17. The van der Waals surface area contributed by atoms with Crippen molar-refractivity contribution in [3.05, 3.63) is 29.8 Å². The number of urea groups is 1. The minimum atomic E-state index is -0.0893. The number of ether oxygens (including phenoxy) is 1. The summed E-state index contributed by atoms with van der Waals surface area (Å²) in [5, 5.41) is 2.84. The van der Waals surface area contributed by atoms with Crippen molar-refractivity contribution < 1.29 is 9.53 Å². The van der Waals surface area contributed by atoms with Gasteiger partial charge in [-0.3, -0.25) is 0 Å². The molecular weight excluding hydrogens is 230 g/mol. The molecule has 0 heterocycles. The van der Waals surface area contributed by atoms with Crippen LogP contribution < -0.4 is 11.1 Å². The Hall–Kier alpha value is -1.75. The van der Waals surface area contributed by atoms with E-state index in [2.05, 4.69) is 5.32 Å². The molecule has 0 radical (unpaired) electrons. The summed E-state index contributed by atoms with van der Waals surface area (Å²) in [7, 11) is 3.42. The third-order valence-corrected chi connectivity index (χ3v) is 2.58. The van der Waals surface area contributed by atoms with E-state index in [1.165, 1.54) is 0 Å². The fourth-order valence-corrected chi connectivity index (χ4v) is 1.56. The zero-order chi connectivity index (χ0) is 13.4. The average Bonchev–Trinajstić information content (AvgIpc) is 2.36. The number of carbonyl (C=O) groups is 1. The van der Waals surface area contributed by atoms with Gasteiger partial charge < -0.3 is 20.7 Å². The largest absolute Gasteiger partial charge is 0.399 e. The molecule has 2 amide bonds. The van der Waals surface area contributed by atoms with E-state index in [1.54, 1.807) is 19.1 Å². The Morgan fingerprint density at radius 2 is 2.28 bits per heavy atom. The summed E-state index contributed by atoms with van der Waals surface area (Å²) >= 11 is 0. The number of nitrogen functional groups attached to an aromatic ring is 1. The van der Waals surface area contributed by atoms with Crippen LogP contribution >= 0.6 is 0 Å². The van der Waals surface area contributed by atoms with Crippen LogP contribution in [-0.2, 0) is 11.3 Å². The van der Waals surface area contributed by atoms with Gasteiger partial charge in [0.05, 0.1) is 0 Å². The highest BCUT2D eigenvalue weighted by Crippen LogP contribution is 2.06. The van der Waals surface area contributed by atoms with Crippen LogP contribution in [0.5, 0.6) is 0 Å². The quantitative estimate of drug-likeness (QED) is 0.594. The molecule has 0 bridgehead atoms. The maximum absolute atomic E-state index is 11.7. The number of carbonyl (C=O) groups excluding carboxylic acids is 1. The molecule has 0 fully saturated rings. The molecule has 0 aromatic heterocycles. The van der Waals surface area contributed by atoms with Crippen LogP contribution in [0.1, 0.15) is 12.0 Å². The Bertz CT molecular complexity index is 382. The Morgan fingerprint density at radius 1 is 1.50 bits per heavy atom. The molecule has 18 heavy (non-hydrogen) atoms. The summed E-state index contributed by atoms with van der Waals surface area (Å²) in [6.45, 7) is 1.82. The topological polar surface area (TPSA) is 67.6 Å². The summed E-state index contributed by atoms with van der Waals surface area (Å²) in [4.78, 5) is 13.4. The molecular formula is C13H21N3O2. The SMILES string of the molecule is COCCCN(C)C(=O)NCc1cccc(N)c1. The van der Waals surface area contributed by atoms with Crippen molar-refractivity contribution in [2.75, 3.05) is 33.0 Å². The molecule has 3 N–H and O–H groups in total. The fraction of sp³-hybridized carbons (Fsp3) is 0.462. The minimum Gasteiger partial charge on any atom is -0.399 e. The molecule has 1 rings (SSSR count). The molecule has 0 saturated carbocycles. The lowest BCUT2D eigenvalue weighted by atomic mass is 10.2. The van der Waals surface area contributed by atoms with Crippen LogP contribution in [-0.4, -0.2) is 38.2 Å². The molecule has 0 spiro atoms. The number of hydrogen-bond acceptors (Lipinski definition) is 3. The van der Waals surface area contributed by atoms with Gasteiger partial charge in [-0.1, -0.05) is 12.1 Å². The number of anilines is 1. The normalized spacial score (nSPS) is 10.1. The van der Waals surface area contributed by atoms with Crippen LogP contribution in [0.3, 0.4) is 0 Å². The van der Waals surface area contributed by atoms with E-state index in [0.29, 0.717) is 25.4 Å². The molecule has 0 aliphatic rings. The Morgan fingerprint density at radius 3 is 2.94 bits per heavy atom. The van der Waals surface area contributed by atoms with Gasteiger partial charge in [0.15, 0.2) is 0 Å². The maximum atomic E-state index is 11.7. The van der Waals surface area contributed by atoms with E-state index in [4.69, 9.17) is 10.5 Å². The third-order valence-electron chi connectivity index (χ3n) is 2.58. The molecule has 5 nitrogen and oxygen atoms in total. The molecule has 0 unspecified atom stereocenters. The van der Waals surface area contributed by atoms with Gasteiger partial charge in [-0.15, -0.1) is 0 Å². The Balaban J connectivity index is 2.32. The number of benzene rings is 1. The number of rotatable bonds is 6. The molecule has 0 atom stereocenters. The van der Waals surface area contributed by atoms with Crippen LogP contribution in [0.15, 0.2) is 24.3 Å². The second kappa shape index (κ2) is 7.55. The third kappa shape index (κ3) is 5.05. The van der Waals surface area contributed by atoms with E-state index in [9.17, 15) is 4.79 Å². The van der Waals surface area contributed by atoms with Crippen LogP contribution in [0.25, 0.3) is 0 Å². The zero-order valence-electron chi connectivity index (χ0n) is 11.0. The first kappa shape index (κ1) is 14.3. The lowest BCUT2D eigenvalue weighted by Crippen LogP contribution is -2.37. The summed E-state index contributed by atoms with van der Waals surface area (Å²) in [5.41, 5.74) is 7.37. The van der Waals surface area contributed by atoms with Crippen molar-refractivity contribution in [1.82, 2.24) is 10.2 Å². The highest BCUT2D eigenvalue weighted by molar-refractivity contribution is 5.73. The first-order valence-electron chi connectivity index (χ1n) is 5.96. The van der Waals surface area contributed by atoms with E-state index in [1.807, 2.05) is 24.3 Å². The average molecular weight is 251 g/mol. The number of nitrogens with one attached hydrogen (secondary N) is 1. The van der Waals surface area contributed by atoms with Gasteiger partial charge in [0, 0.05) is 39.5 Å². The van der Waals surface area contributed by atoms with Crippen LogP contribution in [0.2, 0.25) is 0 Å². The van der Waals surface area contributed by atoms with Crippen molar-refractivity contribution in [2.45, 2.75) is 13.0 Å². The molecule has 0 saturated heterocycles. The zero-order valence-corrected chi connectivity index (χ0v) is 11.0. The van der Waals surface area contributed by atoms with Gasteiger partial charge in [0.25, 0.3) is 0 Å². The summed E-state index contributed by atoms with van der Waals surface area (Å²) in [5.74, 6) is 0. The molecule has 100 valence electrons. The van der Waals surface area contributed by atoms with Gasteiger partial charge in [-0.25, -0.2) is 4.79 Å². The Labute approximate surface area is 108 Å². The smallest absolute Gasteiger partial charge is 0.317 e. The molecule has 1 aromatic carbocycles. The fourth-order valence-electron chi connectivity index (χ4n) is 1.56. The number of amides is 2. The van der Waals surface area contributed by atoms with E-state index in [-0.39, 0.29) is 6.03 Å². The van der Waals surface area contributed by atoms with Gasteiger partial charge in [-0.05, 0) is 24.1 Å². The maximum Gasteiger partial charge on any atom is 0.317 e. The van der Waals surface area contributed by atoms with Gasteiger partial charge >= 0.3 is 6.03 Å². The number of nitrogens with two attached hydrogens (primary N) is 1. The highest BCUT2D eigenvalue weighted by atomic mass is 16.5. The monoisotopic (exact) mass is 251 g/mol. The molecule has 5 heteroatoms. The van der Waals surface area contributed by atoms with Crippen LogP contribution in [0, 0.1) is 0 Å². The van der Waals surface area contributed by atoms with Crippen molar-refractivity contribution in [2.24, 2.45) is 0 Å². The number of hydrogen-bond donors (Lipinski definition) is 2. The van der Waals surface area contributed by atoms with E-state index < -0.39 is 0 Å². The van der Waals surface area contributed by atoms with Crippen LogP contribution in [0.4, 0.5) is 10.5 Å². The van der Waals surface area contributed by atoms with Gasteiger partial charge in [-0.2, -0.15) is 0 Å². The summed E-state index contributed by atoms with van der Waals surface area (Å²) in [6.07, 6.45) is 0.832. The first-order chi connectivity index (χ1) is 8.63. The number of nitrogens with zero attached hydrogens (tertiary/aromatic N) is 1. The molecule has 1 aromatic rings. The predicted octanol–water partition coefficient (Wildman–Crippen LogP) is 1.45. The summed E-state index contributed by atoms with van der Waals surface area (Å²) in [6, 6.07) is 7.39. The second-order valence-corrected chi connectivity index (χ2v) is 4.17. The van der Waals surface area contributed by atoms with E-state index >= 15 is 0 Å². The predicted molar refractivity (Wildman–Crippen MR) is 72.2 cm³/mol. The molecule has 0 aliphatic heterocycles. The Kier molecular flexibility index (Phi) is 6.00. The van der Waals surface area contributed by atoms with Gasteiger partial charge in [0.2, 0.25) is 0 Å². The van der Waals surface area contributed by atoms with Crippen molar-refractivity contribution in [3.63, 3.8) is 0 Å². The highest BCUT2D eigenvalue weighted by Gasteiger charge is 2.07. The van der Waals surface area contributed by atoms with Crippen molar-refractivity contribution in [1.29, 1.82) is 0 Å².